The van der Waals surface area contributed by atoms with Crippen LogP contribution in [0.1, 0.15) is 0 Å². The summed E-state index contributed by atoms with van der Waals surface area (Å²) in [6.45, 7) is 0. The molecule has 0 N–H and O–H groups in total. The molecule has 0 aliphatic rings. The summed E-state index contributed by atoms with van der Waals surface area (Å²) >= 11 is 3.63. The van der Waals surface area contributed by atoms with Crippen LogP contribution in [0.25, 0.3) is 119 Å². The van der Waals surface area contributed by atoms with Crippen molar-refractivity contribution in [1.82, 2.24) is 15.0 Å². The molecule has 4 nitrogen and oxygen atoms in total. The zero-order chi connectivity index (χ0) is 37.5. The average Bonchev–Trinajstić information content (AvgIpc) is 3.97. The van der Waals surface area contributed by atoms with Crippen molar-refractivity contribution in [1.29, 1.82) is 0 Å². The molecule has 0 bridgehead atoms. The molecule has 0 saturated carbocycles. The van der Waals surface area contributed by atoms with Crippen molar-refractivity contribution in [3.8, 4) is 56.4 Å². The quantitative estimate of drug-likeness (QED) is 0.175. The minimum atomic E-state index is 0.655. The normalized spacial score (nSPS) is 11.9. The third kappa shape index (κ3) is 5.22. The van der Waals surface area contributed by atoms with Crippen LogP contribution in [0.5, 0.6) is 0 Å². The molecule has 12 rings (SSSR count). The number of furan rings is 1. The van der Waals surface area contributed by atoms with Crippen molar-refractivity contribution in [3.63, 3.8) is 0 Å². The van der Waals surface area contributed by atoms with Gasteiger partial charge in [0.15, 0.2) is 17.5 Å². The number of benzene rings is 8. The monoisotopic (exact) mass is 763 g/mol. The fourth-order valence-electron chi connectivity index (χ4n) is 8.32. The number of rotatable bonds is 5. The first-order valence-corrected chi connectivity index (χ1v) is 20.6. The highest BCUT2D eigenvalue weighted by Gasteiger charge is 2.20. The molecule has 12 aromatic rings. The number of para-hydroxylation sites is 1. The molecule has 4 heterocycles. The maximum atomic E-state index is 6.63. The topological polar surface area (TPSA) is 51.8 Å². The molecular weight excluding hydrogens is 735 g/mol. The predicted octanol–water partition coefficient (Wildman–Crippen LogP) is 14.8. The lowest BCUT2D eigenvalue weighted by Gasteiger charge is -2.11. The maximum absolute atomic E-state index is 6.63. The van der Waals surface area contributed by atoms with Crippen molar-refractivity contribution in [3.05, 3.63) is 176 Å². The van der Waals surface area contributed by atoms with Crippen molar-refractivity contribution >= 4 is 85.0 Å². The van der Waals surface area contributed by atoms with E-state index in [1.54, 1.807) is 11.3 Å². The lowest BCUT2D eigenvalue weighted by Crippen LogP contribution is -2.00. The van der Waals surface area contributed by atoms with Crippen LogP contribution in [0.3, 0.4) is 0 Å². The smallest absolute Gasteiger partial charge is 0.165 e. The number of aromatic nitrogens is 3. The van der Waals surface area contributed by atoms with E-state index >= 15 is 0 Å². The summed E-state index contributed by atoms with van der Waals surface area (Å²) < 4.78 is 11.6. The lowest BCUT2D eigenvalue weighted by molar-refractivity contribution is 0.669. The Balaban J connectivity index is 1.06. The summed E-state index contributed by atoms with van der Waals surface area (Å²) in [6.07, 6.45) is 0. The lowest BCUT2D eigenvalue weighted by atomic mass is 9.92. The summed E-state index contributed by atoms with van der Waals surface area (Å²) in [4.78, 5) is 15.1. The van der Waals surface area contributed by atoms with E-state index in [-0.39, 0.29) is 0 Å². The minimum Gasteiger partial charge on any atom is -0.456 e. The minimum absolute atomic E-state index is 0.655. The summed E-state index contributed by atoms with van der Waals surface area (Å²) in [5.41, 5.74) is 9.33. The number of fused-ring (bicyclic) bond motifs is 9. The molecule has 0 spiro atoms. The van der Waals surface area contributed by atoms with Crippen LogP contribution in [0.15, 0.2) is 180 Å². The SMILES string of the molecule is c1ccc(-c2nc(-c3ccccc3)nc(-c3cccc4c3sc3ccc(-c5cc(-c6cccc7sc8ccccc8c67)c6c(c5)oc5ccccc56)cc34)n2)cc1. The largest absolute Gasteiger partial charge is 0.456 e. The van der Waals surface area contributed by atoms with Crippen LogP contribution in [0.2, 0.25) is 0 Å². The molecule has 6 heteroatoms. The molecule has 0 saturated heterocycles. The first-order valence-electron chi connectivity index (χ1n) is 18.9. The van der Waals surface area contributed by atoms with Crippen molar-refractivity contribution < 1.29 is 4.42 Å². The highest BCUT2D eigenvalue weighted by Crippen LogP contribution is 2.47. The van der Waals surface area contributed by atoms with Gasteiger partial charge in [0.05, 0.1) is 0 Å². The molecule has 57 heavy (non-hydrogen) atoms. The van der Waals surface area contributed by atoms with Crippen molar-refractivity contribution in [2.24, 2.45) is 0 Å². The molecule has 0 aliphatic carbocycles. The van der Waals surface area contributed by atoms with E-state index in [0.717, 1.165) is 54.5 Å². The maximum Gasteiger partial charge on any atom is 0.165 e. The van der Waals surface area contributed by atoms with E-state index in [0.29, 0.717) is 17.5 Å². The van der Waals surface area contributed by atoms with E-state index in [1.807, 2.05) is 78.1 Å². The van der Waals surface area contributed by atoms with E-state index in [4.69, 9.17) is 19.4 Å². The number of nitrogens with zero attached hydrogens (tertiary/aromatic N) is 3. The first-order chi connectivity index (χ1) is 28.2. The van der Waals surface area contributed by atoms with E-state index in [2.05, 4.69) is 109 Å². The van der Waals surface area contributed by atoms with Crippen LogP contribution >= 0.6 is 22.7 Å². The second-order valence-electron chi connectivity index (χ2n) is 14.3. The molecule has 0 aliphatic heterocycles. The van der Waals surface area contributed by atoms with Crippen LogP contribution < -0.4 is 0 Å². The van der Waals surface area contributed by atoms with Gasteiger partial charge in [0.2, 0.25) is 0 Å². The Hall–Kier alpha value is -6.99. The zero-order valence-corrected chi connectivity index (χ0v) is 31.9. The third-order valence-corrected chi connectivity index (χ3v) is 13.3. The van der Waals surface area contributed by atoms with Gasteiger partial charge in [0, 0.05) is 67.8 Å². The highest BCUT2D eigenvalue weighted by molar-refractivity contribution is 7.26. The van der Waals surface area contributed by atoms with Crippen LogP contribution in [0, 0.1) is 0 Å². The molecular formula is C51H29N3OS2. The van der Waals surface area contributed by atoms with Crippen molar-refractivity contribution in [2.75, 3.05) is 0 Å². The van der Waals surface area contributed by atoms with Gasteiger partial charge in [-0.15, -0.1) is 22.7 Å². The molecule has 0 atom stereocenters. The number of hydrogen-bond acceptors (Lipinski definition) is 6. The summed E-state index contributed by atoms with van der Waals surface area (Å²) in [7, 11) is 0. The molecule has 0 radical (unpaired) electrons. The highest BCUT2D eigenvalue weighted by atomic mass is 32.1. The van der Waals surface area contributed by atoms with Gasteiger partial charge in [-0.3, -0.25) is 0 Å². The molecule has 0 fully saturated rings. The number of thiophene rings is 2. The van der Waals surface area contributed by atoms with E-state index in [9.17, 15) is 0 Å². The van der Waals surface area contributed by atoms with Gasteiger partial charge in [-0.2, -0.15) is 0 Å². The number of hydrogen-bond donors (Lipinski definition) is 0. The summed E-state index contributed by atoms with van der Waals surface area (Å²) in [5, 5.41) is 7.22. The van der Waals surface area contributed by atoms with Gasteiger partial charge in [-0.05, 0) is 70.8 Å². The van der Waals surface area contributed by atoms with Gasteiger partial charge >= 0.3 is 0 Å². The average molecular weight is 764 g/mol. The Bertz CT molecular complexity index is 3470. The van der Waals surface area contributed by atoms with Gasteiger partial charge < -0.3 is 4.42 Å². The second-order valence-corrected chi connectivity index (χ2v) is 16.4. The molecule has 0 unspecified atom stereocenters. The third-order valence-electron chi connectivity index (χ3n) is 10.9. The second kappa shape index (κ2) is 12.8. The van der Waals surface area contributed by atoms with Gasteiger partial charge in [-0.1, -0.05) is 127 Å². The van der Waals surface area contributed by atoms with E-state index in [1.165, 1.54) is 46.8 Å². The van der Waals surface area contributed by atoms with Crippen molar-refractivity contribution in [2.45, 2.75) is 0 Å². The van der Waals surface area contributed by atoms with Gasteiger partial charge in [0.25, 0.3) is 0 Å². The van der Waals surface area contributed by atoms with E-state index < -0.39 is 0 Å². The Morgan fingerprint density at radius 2 is 0.965 bits per heavy atom. The Kier molecular flexibility index (Phi) is 7.24. The molecule has 0 amide bonds. The molecule has 4 aromatic heterocycles. The predicted molar refractivity (Wildman–Crippen MR) is 240 cm³/mol. The van der Waals surface area contributed by atoms with Crippen LogP contribution in [0.4, 0.5) is 0 Å². The van der Waals surface area contributed by atoms with Gasteiger partial charge in [0.1, 0.15) is 11.2 Å². The first kappa shape index (κ1) is 32.3. The fourth-order valence-corrected chi connectivity index (χ4v) is 10.6. The molecule has 266 valence electrons. The Morgan fingerprint density at radius 3 is 1.77 bits per heavy atom. The zero-order valence-electron chi connectivity index (χ0n) is 30.3. The van der Waals surface area contributed by atoms with Gasteiger partial charge in [-0.25, -0.2) is 15.0 Å². The summed E-state index contributed by atoms with van der Waals surface area (Å²) in [6, 6.07) is 62.0. The molecule has 8 aromatic carbocycles. The fraction of sp³-hybridized carbons (Fsp3) is 0. The van der Waals surface area contributed by atoms with Crippen LogP contribution in [-0.2, 0) is 0 Å². The van der Waals surface area contributed by atoms with Crippen LogP contribution in [-0.4, -0.2) is 15.0 Å². The Morgan fingerprint density at radius 1 is 0.333 bits per heavy atom. The summed E-state index contributed by atoms with van der Waals surface area (Å²) in [5.74, 6) is 1.97. The Labute approximate surface area is 335 Å². The standard InChI is InChI=1S/C51H29N3OS2/c1-3-13-30(14-4-1)49-52-50(31-15-5-2-6-16-31)54-51(53-49)38-21-11-20-35-39-27-32(25-26-44(39)57-48(35)38)33-28-40(46-36-17-7-9-22-41(36)55-42(46)29-33)34-19-12-24-45-47(34)37-18-8-10-23-43(37)56-45/h1-29H.